The summed E-state index contributed by atoms with van der Waals surface area (Å²) in [5.41, 5.74) is 1.83. The Morgan fingerprint density at radius 1 is 1.19 bits per heavy atom. The maximum atomic E-state index is 13.1. The van der Waals surface area contributed by atoms with E-state index in [-0.39, 0.29) is 29.8 Å². The van der Waals surface area contributed by atoms with Crippen LogP contribution in [0.2, 0.25) is 0 Å². The van der Waals surface area contributed by atoms with Crippen LogP contribution in [-0.2, 0) is 11.2 Å². The molecule has 9 heteroatoms. The molecule has 0 bridgehead atoms. The lowest BCUT2D eigenvalue weighted by atomic mass is 10.2. The molecule has 2 fully saturated rings. The zero-order valence-corrected chi connectivity index (χ0v) is 20.4. The summed E-state index contributed by atoms with van der Waals surface area (Å²) in [7, 11) is 0. The van der Waals surface area contributed by atoms with Gasteiger partial charge < -0.3 is 15.0 Å². The molecule has 4 rings (SSSR count). The number of benzene rings is 1. The molecule has 0 amide bonds. The first kappa shape index (κ1) is 23.9. The normalized spacial score (nSPS) is 20.0. The molecular weight excluding hydrogens is 510 g/mol. The van der Waals surface area contributed by atoms with Crippen molar-refractivity contribution in [2.75, 3.05) is 52.5 Å². The summed E-state index contributed by atoms with van der Waals surface area (Å²) in [4.78, 5) is 9.78. The number of nitrogens with zero attached hydrogens (tertiary/aromatic N) is 5. The maximum absolute atomic E-state index is 13.1. The molecule has 2 aliphatic rings. The first-order valence-corrected chi connectivity index (χ1v) is 10.9. The molecule has 2 aromatic rings. The Kier molecular flexibility index (Phi) is 9.09. The smallest absolute Gasteiger partial charge is 0.193 e. The molecule has 1 aromatic heterocycles. The van der Waals surface area contributed by atoms with E-state index >= 15 is 0 Å². The Hall–Kier alpha value is -1.72. The quantitative estimate of drug-likeness (QED) is 0.346. The van der Waals surface area contributed by atoms with Gasteiger partial charge in [0.1, 0.15) is 5.82 Å². The van der Waals surface area contributed by atoms with Crippen LogP contribution in [-0.4, -0.2) is 84.1 Å². The summed E-state index contributed by atoms with van der Waals surface area (Å²) in [6.07, 6.45) is 3.85. The van der Waals surface area contributed by atoms with Crippen LogP contribution in [0, 0.1) is 5.82 Å². The molecule has 0 spiro atoms. The van der Waals surface area contributed by atoms with E-state index in [2.05, 4.69) is 27.1 Å². The summed E-state index contributed by atoms with van der Waals surface area (Å²) in [6.45, 7) is 9.45. The molecule has 1 atom stereocenters. The molecule has 1 N–H and O–H groups in total. The molecule has 7 nitrogen and oxygen atoms in total. The van der Waals surface area contributed by atoms with Crippen molar-refractivity contribution in [1.82, 2.24) is 24.9 Å². The van der Waals surface area contributed by atoms with Crippen LogP contribution < -0.4 is 5.32 Å². The van der Waals surface area contributed by atoms with Crippen LogP contribution in [0.4, 0.5) is 4.39 Å². The van der Waals surface area contributed by atoms with Gasteiger partial charge in [-0.25, -0.2) is 9.07 Å². The van der Waals surface area contributed by atoms with Gasteiger partial charge in [-0.1, -0.05) is 0 Å². The minimum Gasteiger partial charge on any atom is -0.379 e. The van der Waals surface area contributed by atoms with Crippen LogP contribution in [0.25, 0.3) is 5.69 Å². The Bertz CT molecular complexity index is 837. The summed E-state index contributed by atoms with van der Waals surface area (Å²) < 4.78 is 20.4. The predicted molar refractivity (Wildman–Crippen MR) is 131 cm³/mol. The molecule has 1 aromatic carbocycles. The Morgan fingerprint density at radius 2 is 1.97 bits per heavy atom. The number of nitrogens with one attached hydrogen (secondary N) is 1. The number of ether oxygens (including phenoxy) is 1. The van der Waals surface area contributed by atoms with Crippen molar-refractivity contribution in [3.8, 4) is 5.69 Å². The van der Waals surface area contributed by atoms with E-state index in [0.29, 0.717) is 12.6 Å². The van der Waals surface area contributed by atoms with Gasteiger partial charge in [-0.2, -0.15) is 5.10 Å². The van der Waals surface area contributed by atoms with Gasteiger partial charge in [0.05, 0.1) is 24.6 Å². The number of likely N-dealkylation sites (tertiary alicyclic amines) is 1. The first-order chi connectivity index (χ1) is 14.7. The number of hydrogen-bond acceptors (Lipinski definition) is 4. The second-order valence-electron chi connectivity index (χ2n) is 7.75. The zero-order valence-electron chi connectivity index (χ0n) is 18.0. The van der Waals surface area contributed by atoms with E-state index in [4.69, 9.17) is 9.73 Å². The van der Waals surface area contributed by atoms with Gasteiger partial charge in [0, 0.05) is 57.9 Å². The fraction of sp³-hybridized carbons (Fsp3) is 0.545. The van der Waals surface area contributed by atoms with Crippen LogP contribution in [0.5, 0.6) is 0 Å². The third kappa shape index (κ3) is 6.39. The monoisotopic (exact) mass is 542 g/mol. The van der Waals surface area contributed by atoms with Crippen molar-refractivity contribution < 1.29 is 9.13 Å². The highest BCUT2D eigenvalue weighted by atomic mass is 127. The topological polar surface area (TPSA) is 57.9 Å². The van der Waals surface area contributed by atoms with Crippen LogP contribution in [0.15, 0.2) is 41.5 Å². The van der Waals surface area contributed by atoms with Crippen LogP contribution >= 0.6 is 24.0 Å². The van der Waals surface area contributed by atoms with Crippen molar-refractivity contribution >= 4 is 29.9 Å². The molecular formula is C22H32FIN6O. The lowest BCUT2D eigenvalue weighted by Crippen LogP contribution is -2.46. The standard InChI is InChI=1S/C22H31FN6O.HI/c1-2-24-22(28-11-9-21(17-28)27-13-15-30-16-14-27)25-10-7-19-8-12-29(26-19)20-5-3-18(23)4-6-20;/h3-6,8,12,21H,2,7,9-11,13-17H2,1H3,(H,24,25);1H. The Balaban J connectivity index is 0.00000272. The third-order valence-corrected chi connectivity index (χ3v) is 5.72. The molecule has 2 saturated heterocycles. The Morgan fingerprint density at radius 3 is 2.71 bits per heavy atom. The first-order valence-electron chi connectivity index (χ1n) is 10.9. The van der Waals surface area contributed by atoms with Gasteiger partial charge in [-0.3, -0.25) is 9.89 Å². The maximum Gasteiger partial charge on any atom is 0.193 e. The number of hydrogen-bond donors (Lipinski definition) is 1. The predicted octanol–water partition coefficient (Wildman–Crippen LogP) is 2.54. The van der Waals surface area contributed by atoms with Gasteiger partial charge in [0.25, 0.3) is 0 Å². The molecule has 31 heavy (non-hydrogen) atoms. The molecule has 0 radical (unpaired) electrons. The lowest BCUT2D eigenvalue weighted by Gasteiger charge is -2.32. The van der Waals surface area contributed by atoms with Gasteiger partial charge in [0.2, 0.25) is 0 Å². The fourth-order valence-electron chi connectivity index (χ4n) is 4.11. The average Bonchev–Trinajstić information content (AvgIpc) is 3.45. The summed E-state index contributed by atoms with van der Waals surface area (Å²) in [6, 6.07) is 8.94. The number of guanidine groups is 1. The van der Waals surface area contributed by atoms with Crippen molar-refractivity contribution in [3.63, 3.8) is 0 Å². The highest BCUT2D eigenvalue weighted by molar-refractivity contribution is 14.0. The summed E-state index contributed by atoms with van der Waals surface area (Å²) in [5, 5.41) is 8.04. The van der Waals surface area contributed by atoms with E-state index in [1.54, 1.807) is 16.8 Å². The van der Waals surface area contributed by atoms with Crippen LogP contribution in [0.1, 0.15) is 19.0 Å². The molecule has 3 heterocycles. The third-order valence-electron chi connectivity index (χ3n) is 5.72. The average molecular weight is 542 g/mol. The number of halogens is 2. The molecule has 170 valence electrons. The van der Waals surface area contributed by atoms with E-state index in [1.807, 2.05) is 12.3 Å². The van der Waals surface area contributed by atoms with Crippen molar-refractivity contribution in [1.29, 1.82) is 0 Å². The van der Waals surface area contributed by atoms with Crippen LogP contribution in [0.3, 0.4) is 0 Å². The fourth-order valence-corrected chi connectivity index (χ4v) is 4.11. The van der Waals surface area contributed by atoms with E-state index in [9.17, 15) is 4.39 Å². The van der Waals surface area contributed by atoms with E-state index < -0.39 is 0 Å². The zero-order chi connectivity index (χ0) is 20.8. The van der Waals surface area contributed by atoms with E-state index in [0.717, 1.165) is 69.7 Å². The molecule has 0 saturated carbocycles. The summed E-state index contributed by atoms with van der Waals surface area (Å²) >= 11 is 0. The Labute approximate surface area is 200 Å². The van der Waals surface area contributed by atoms with Gasteiger partial charge >= 0.3 is 0 Å². The minimum atomic E-state index is -0.241. The highest BCUT2D eigenvalue weighted by Crippen LogP contribution is 2.17. The number of aromatic nitrogens is 2. The minimum absolute atomic E-state index is 0. The number of rotatable bonds is 6. The largest absolute Gasteiger partial charge is 0.379 e. The van der Waals surface area contributed by atoms with Gasteiger partial charge in [0.15, 0.2) is 5.96 Å². The second kappa shape index (κ2) is 11.8. The second-order valence-corrected chi connectivity index (χ2v) is 7.75. The van der Waals surface area contributed by atoms with Crippen molar-refractivity contribution in [2.24, 2.45) is 4.99 Å². The van der Waals surface area contributed by atoms with Crippen molar-refractivity contribution in [3.05, 3.63) is 48.0 Å². The molecule has 2 aliphatic heterocycles. The van der Waals surface area contributed by atoms with Gasteiger partial charge in [-0.05, 0) is 43.7 Å². The molecule has 0 aliphatic carbocycles. The summed E-state index contributed by atoms with van der Waals surface area (Å²) in [5.74, 6) is 0.750. The number of aliphatic imine (C=N–C) groups is 1. The SMILES string of the molecule is CCNC(=NCCc1ccn(-c2ccc(F)cc2)n1)N1CCC(N2CCOCC2)C1.I. The van der Waals surface area contributed by atoms with E-state index in [1.165, 1.54) is 18.6 Å². The lowest BCUT2D eigenvalue weighted by molar-refractivity contribution is 0.0195. The molecule has 1 unspecified atom stereocenters. The van der Waals surface area contributed by atoms with Gasteiger partial charge in [-0.15, -0.1) is 24.0 Å². The number of morpholine rings is 1. The van der Waals surface area contributed by atoms with Crippen molar-refractivity contribution in [2.45, 2.75) is 25.8 Å². The highest BCUT2D eigenvalue weighted by Gasteiger charge is 2.30.